The highest BCUT2D eigenvalue weighted by Gasteiger charge is 2.17. The number of carbonyl (C=O) groups is 1. The molecule has 32 heavy (non-hydrogen) atoms. The van der Waals surface area contributed by atoms with Gasteiger partial charge in [-0.25, -0.2) is 9.37 Å². The van der Waals surface area contributed by atoms with Crippen molar-refractivity contribution in [3.8, 4) is 22.8 Å². The van der Waals surface area contributed by atoms with Gasteiger partial charge in [-0.3, -0.25) is 4.79 Å². The number of hydrogen-bond acceptors (Lipinski definition) is 5. The van der Waals surface area contributed by atoms with Gasteiger partial charge in [0.25, 0.3) is 5.89 Å². The van der Waals surface area contributed by atoms with Crippen molar-refractivity contribution < 1.29 is 13.7 Å². The first-order valence-electron chi connectivity index (χ1n) is 11.0. The third-order valence-corrected chi connectivity index (χ3v) is 5.93. The van der Waals surface area contributed by atoms with Gasteiger partial charge in [-0.15, -0.1) is 0 Å². The molecule has 2 aromatic heterocycles. The number of halogens is 1. The highest BCUT2D eigenvalue weighted by molar-refractivity contribution is 5.81. The summed E-state index contributed by atoms with van der Waals surface area (Å²) in [6.07, 6.45) is 6.82. The van der Waals surface area contributed by atoms with Crippen molar-refractivity contribution in [2.75, 3.05) is 13.1 Å². The molecule has 3 heterocycles. The zero-order valence-corrected chi connectivity index (χ0v) is 17.7. The molecule has 0 saturated carbocycles. The van der Waals surface area contributed by atoms with Crippen molar-refractivity contribution in [1.82, 2.24) is 24.6 Å². The molecule has 5 rings (SSSR count). The molecule has 1 amide bonds. The van der Waals surface area contributed by atoms with Crippen LogP contribution in [0.4, 0.5) is 4.39 Å². The minimum atomic E-state index is -0.411. The van der Waals surface area contributed by atoms with Gasteiger partial charge in [0.05, 0.1) is 22.9 Å². The fourth-order valence-corrected chi connectivity index (χ4v) is 4.16. The van der Waals surface area contributed by atoms with E-state index < -0.39 is 5.82 Å². The van der Waals surface area contributed by atoms with E-state index in [1.54, 1.807) is 24.5 Å². The molecule has 0 bridgehead atoms. The van der Waals surface area contributed by atoms with Crippen LogP contribution in [0.15, 0.2) is 53.3 Å². The summed E-state index contributed by atoms with van der Waals surface area (Å²) in [6.45, 7) is 2.32. The second kappa shape index (κ2) is 8.90. The Balaban J connectivity index is 1.31. The summed E-state index contributed by atoms with van der Waals surface area (Å²) in [6, 6.07) is 12.0. The van der Waals surface area contributed by atoms with Crippen LogP contribution in [0, 0.1) is 5.82 Å². The Bertz CT molecular complexity index is 1240. The van der Waals surface area contributed by atoms with E-state index in [0.717, 1.165) is 42.5 Å². The number of rotatable bonds is 5. The number of aryl methyl sites for hydroxylation is 1. The lowest BCUT2D eigenvalue weighted by molar-refractivity contribution is -0.131. The minimum absolute atomic E-state index is 0.135. The number of hydrogen-bond donors (Lipinski definition) is 0. The van der Waals surface area contributed by atoms with Gasteiger partial charge in [0.15, 0.2) is 0 Å². The van der Waals surface area contributed by atoms with Gasteiger partial charge >= 0.3 is 0 Å². The monoisotopic (exact) mass is 433 g/mol. The molecule has 0 N–H and O–H groups in total. The molecule has 8 heteroatoms. The summed E-state index contributed by atoms with van der Waals surface area (Å²) in [5.74, 6) is 0.302. The smallest absolute Gasteiger partial charge is 0.261 e. The Morgan fingerprint density at radius 3 is 2.69 bits per heavy atom. The van der Waals surface area contributed by atoms with Crippen LogP contribution < -0.4 is 0 Å². The summed E-state index contributed by atoms with van der Waals surface area (Å²) < 4.78 is 21.3. The van der Waals surface area contributed by atoms with Gasteiger partial charge in [0, 0.05) is 31.6 Å². The Labute approximate surface area is 184 Å². The highest BCUT2D eigenvalue weighted by atomic mass is 19.1. The van der Waals surface area contributed by atoms with Crippen molar-refractivity contribution >= 4 is 16.9 Å². The Kier molecular flexibility index (Phi) is 5.66. The van der Waals surface area contributed by atoms with Crippen molar-refractivity contribution in [2.24, 2.45) is 0 Å². The largest absolute Gasteiger partial charge is 0.343 e. The first-order valence-corrected chi connectivity index (χ1v) is 11.0. The molecule has 0 aliphatic carbocycles. The molecule has 1 saturated heterocycles. The molecule has 0 unspecified atom stereocenters. The van der Waals surface area contributed by atoms with Crippen molar-refractivity contribution in [3.05, 3.63) is 54.6 Å². The highest BCUT2D eigenvalue weighted by Crippen LogP contribution is 2.26. The predicted molar refractivity (Wildman–Crippen MR) is 118 cm³/mol. The predicted octanol–water partition coefficient (Wildman–Crippen LogP) is 4.69. The number of nitrogens with zero attached hydrogens (tertiary/aromatic N) is 5. The molecule has 0 spiro atoms. The van der Waals surface area contributed by atoms with E-state index >= 15 is 0 Å². The van der Waals surface area contributed by atoms with Gasteiger partial charge < -0.3 is 14.0 Å². The van der Waals surface area contributed by atoms with Crippen molar-refractivity contribution in [2.45, 2.75) is 38.6 Å². The number of benzene rings is 2. The zero-order valence-electron chi connectivity index (χ0n) is 17.7. The maximum atomic E-state index is 14.0. The molecule has 2 aromatic carbocycles. The van der Waals surface area contributed by atoms with Crippen LogP contribution in [-0.2, 0) is 11.3 Å². The Morgan fingerprint density at radius 2 is 1.88 bits per heavy atom. The molecule has 1 aliphatic heterocycles. The van der Waals surface area contributed by atoms with Crippen LogP contribution in [0.2, 0.25) is 0 Å². The fraction of sp³-hybridized carbons (Fsp3) is 0.333. The van der Waals surface area contributed by atoms with Gasteiger partial charge in [0.1, 0.15) is 5.82 Å². The Morgan fingerprint density at radius 1 is 1.06 bits per heavy atom. The molecule has 1 fully saturated rings. The summed E-state index contributed by atoms with van der Waals surface area (Å²) in [5, 5.41) is 4.00. The number of imidazole rings is 1. The number of carbonyl (C=O) groups excluding carboxylic acids is 1. The maximum absolute atomic E-state index is 14.0. The number of likely N-dealkylation sites (tertiary alicyclic amines) is 1. The van der Waals surface area contributed by atoms with E-state index in [1.165, 1.54) is 18.9 Å². The standard InChI is InChI=1S/C24H24FN5O2/c25-19-8-4-3-7-18(19)24-27-23(28-32-24)17-9-10-21-20(15-17)26-16-30(21)14-11-22(31)29-12-5-1-2-6-13-29/h3-4,7-10,15-16H,1-2,5-6,11-14H2. The molecule has 164 valence electrons. The normalized spacial score (nSPS) is 14.6. The first kappa shape index (κ1) is 20.4. The van der Waals surface area contributed by atoms with E-state index in [-0.39, 0.29) is 17.4 Å². The van der Waals surface area contributed by atoms with Gasteiger partial charge in [-0.2, -0.15) is 4.98 Å². The van der Waals surface area contributed by atoms with Gasteiger partial charge in [0.2, 0.25) is 11.7 Å². The molecule has 0 radical (unpaired) electrons. The van der Waals surface area contributed by atoms with Crippen LogP contribution in [0.3, 0.4) is 0 Å². The number of amides is 1. The lowest BCUT2D eigenvalue weighted by Gasteiger charge is -2.20. The fourth-order valence-electron chi connectivity index (χ4n) is 4.16. The van der Waals surface area contributed by atoms with Crippen LogP contribution in [0.5, 0.6) is 0 Å². The van der Waals surface area contributed by atoms with Crippen LogP contribution >= 0.6 is 0 Å². The van der Waals surface area contributed by atoms with Crippen LogP contribution in [0.1, 0.15) is 32.1 Å². The second-order valence-corrected chi connectivity index (χ2v) is 8.09. The average Bonchev–Trinajstić information content (AvgIpc) is 3.36. The molecule has 1 aliphatic rings. The van der Waals surface area contributed by atoms with Crippen LogP contribution in [0.25, 0.3) is 33.9 Å². The first-order chi connectivity index (χ1) is 15.7. The molecular weight excluding hydrogens is 409 g/mol. The van der Waals surface area contributed by atoms with Crippen LogP contribution in [-0.4, -0.2) is 43.6 Å². The molecule has 4 aromatic rings. The number of aromatic nitrogens is 4. The zero-order chi connectivity index (χ0) is 21.9. The third kappa shape index (κ3) is 4.12. The van der Waals surface area contributed by atoms with E-state index in [9.17, 15) is 9.18 Å². The number of fused-ring (bicyclic) bond motifs is 1. The van der Waals surface area contributed by atoms with E-state index in [1.807, 2.05) is 27.7 Å². The Hall–Kier alpha value is -3.55. The van der Waals surface area contributed by atoms with E-state index in [2.05, 4.69) is 15.1 Å². The quantitative estimate of drug-likeness (QED) is 0.457. The lowest BCUT2D eigenvalue weighted by Crippen LogP contribution is -2.32. The molecule has 0 atom stereocenters. The molecular formula is C24H24FN5O2. The minimum Gasteiger partial charge on any atom is -0.343 e. The molecule has 7 nitrogen and oxygen atoms in total. The average molecular weight is 433 g/mol. The summed E-state index contributed by atoms with van der Waals surface area (Å²) in [4.78, 5) is 23.4. The maximum Gasteiger partial charge on any atom is 0.261 e. The van der Waals surface area contributed by atoms with Crippen molar-refractivity contribution in [3.63, 3.8) is 0 Å². The van der Waals surface area contributed by atoms with Gasteiger partial charge in [-0.05, 0) is 43.2 Å². The second-order valence-electron chi connectivity index (χ2n) is 8.09. The van der Waals surface area contributed by atoms with Gasteiger partial charge in [-0.1, -0.05) is 30.1 Å². The third-order valence-electron chi connectivity index (χ3n) is 5.93. The van der Waals surface area contributed by atoms with E-state index in [0.29, 0.717) is 18.8 Å². The topological polar surface area (TPSA) is 77.0 Å². The summed E-state index contributed by atoms with van der Waals surface area (Å²) in [5.41, 5.74) is 2.72. The lowest BCUT2D eigenvalue weighted by atomic mass is 10.2. The van der Waals surface area contributed by atoms with Crippen molar-refractivity contribution in [1.29, 1.82) is 0 Å². The summed E-state index contributed by atoms with van der Waals surface area (Å²) in [7, 11) is 0. The summed E-state index contributed by atoms with van der Waals surface area (Å²) >= 11 is 0. The SMILES string of the molecule is O=C(CCn1cnc2cc(-c3noc(-c4ccccc4F)n3)ccc21)N1CCCCCC1. The van der Waals surface area contributed by atoms with E-state index in [4.69, 9.17) is 4.52 Å².